The highest BCUT2D eigenvalue weighted by Gasteiger charge is 2.73. The number of rotatable bonds is 0. The Hall–Kier alpha value is -0.630. The van der Waals surface area contributed by atoms with E-state index < -0.39 is 0 Å². The number of hydrogen-bond acceptors (Lipinski definition) is 2. The third kappa shape index (κ3) is 1.33. The first-order valence-corrected chi connectivity index (χ1v) is 8.93. The third-order valence-electron chi connectivity index (χ3n) is 8.32. The van der Waals surface area contributed by atoms with E-state index in [1.54, 1.807) is 5.57 Å². The second-order valence-electron chi connectivity index (χ2n) is 8.93. The molecule has 5 aliphatic rings. The molecule has 2 nitrogen and oxygen atoms in total. The first kappa shape index (κ1) is 12.9. The van der Waals surface area contributed by atoms with Crippen molar-refractivity contribution in [3.63, 3.8) is 0 Å². The quantitative estimate of drug-likeness (QED) is 0.690. The molecular formula is C19H26O2. The Morgan fingerprint density at radius 3 is 2.95 bits per heavy atom. The summed E-state index contributed by atoms with van der Waals surface area (Å²) in [5.41, 5.74) is 2.58. The fourth-order valence-electron chi connectivity index (χ4n) is 7.14. The summed E-state index contributed by atoms with van der Waals surface area (Å²) in [6.07, 6.45) is 12.5. The van der Waals surface area contributed by atoms with Gasteiger partial charge in [0.25, 0.3) is 0 Å². The van der Waals surface area contributed by atoms with E-state index in [-0.39, 0.29) is 11.5 Å². The monoisotopic (exact) mass is 286 g/mol. The Kier molecular flexibility index (Phi) is 2.23. The topological polar surface area (TPSA) is 37.3 Å². The summed E-state index contributed by atoms with van der Waals surface area (Å²) in [5.74, 6) is 1.82. The van der Waals surface area contributed by atoms with Crippen molar-refractivity contribution in [3.8, 4) is 0 Å². The molecule has 0 aromatic rings. The molecule has 1 N–H and O–H groups in total. The van der Waals surface area contributed by atoms with Gasteiger partial charge in [0.15, 0.2) is 0 Å². The van der Waals surface area contributed by atoms with Crippen molar-refractivity contribution in [1.29, 1.82) is 0 Å². The van der Waals surface area contributed by atoms with Gasteiger partial charge in [-0.1, -0.05) is 18.6 Å². The third-order valence-corrected chi connectivity index (χ3v) is 8.32. The molecule has 0 radical (unpaired) electrons. The molecule has 114 valence electrons. The van der Waals surface area contributed by atoms with E-state index in [1.165, 1.54) is 25.7 Å². The predicted octanol–water partition coefficient (Wildman–Crippen LogP) is 3.63. The second-order valence-corrected chi connectivity index (χ2v) is 8.93. The maximum Gasteiger partial charge on any atom is 0.139 e. The predicted molar refractivity (Wildman–Crippen MR) is 80.6 cm³/mol. The number of Topliss-reactive ketones (excluding diaryl/α,β-unsaturated/α-hetero) is 1. The van der Waals surface area contributed by atoms with E-state index in [1.807, 2.05) is 0 Å². The normalized spacial score (nSPS) is 57.7. The van der Waals surface area contributed by atoms with Crippen molar-refractivity contribution < 1.29 is 9.90 Å². The zero-order valence-corrected chi connectivity index (χ0v) is 13.0. The summed E-state index contributed by atoms with van der Waals surface area (Å²) < 4.78 is 0. The van der Waals surface area contributed by atoms with Crippen LogP contribution in [0.5, 0.6) is 0 Å². The smallest absolute Gasteiger partial charge is 0.139 e. The number of fused-ring (bicyclic) bond motifs is 3. The van der Waals surface area contributed by atoms with Gasteiger partial charge in [0.2, 0.25) is 0 Å². The number of allylic oxidation sites excluding steroid dienone is 2. The summed E-state index contributed by atoms with van der Waals surface area (Å²) in [7, 11) is 0. The second kappa shape index (κ2) is 3.64. The molecule has 2 heteroatoms. The van der Waals surface area contributed by atoms with Crippen molar-refractivity contribution in [1.82, 2.24) is 0 Å². The molecule has 6 atom stereocenters. The molecule has 0 aliphatic heterocycles. The molecule has 5 rings (SSSR count). The Morgan fingerprint density at radius 1 is 1.24 bits per heavy atom. The highest BCUT2D eigenvalue weighted by Crippen LogP contribution is 2.81. The highest BCUT2D eigenvalue weighted by atomic mass is 16.3. The highest BCUT2D eigenvalue weighted by molar-refractivity contribution is 5.87. The lowest BCUT2D eigenvalue weighted by Gasteiger charge is -2.49. The van der Waals surface area contributed by atoms with E-state index in [0.29, 0.717) is 28.4 Å². The van der Waals surface area contributed by atoms with Gasteiger partial charge in [-0.15, -0.1) is 0 Å². The molecule has 0 aromatic carbocycles. The molecule has 4 fully saturated rings. The van der Waals surface area contributed by atoms with Crippen LogP contribution >= 0.6 is 0 Å². The number of carbonyl (C=O) groups excluding carboxylic acids is 1. The molecule has 0 amide bonds. The molecule has 4 saturated carbocycles. The van der Waals surface area contributed by atoms with Crippen molar-refractivity contribution >= 4 is 5.78 Å². The van der Waals surface area contributed by atoms with Gasteiger partial charge >= 0.3 is 0 Å². The van der Waals surface area contributed by atoms with Crippen molar-refractivity contribution in [3.05, 3.63) is 11.6 Å². The van der Waals surface area contributed by atoms with Crippen LogP contribution < -0.4 is 0 Å². The largest absolute Gasteiger partial charge is 0.393 e. The number of aliphatic hydroxyl groups is 1. The van der Waals surface area contributed by atoms with Crippen LogP contribution in [0.1, 0.15) is 64.7 Å². The summed E-state index contributed by atoms with van der Waals surface area (Å²) in [6, 6.07) is 0. The van der Waals surface area contributed by atoms with Crippen LogP contribution in [0.4, 0.5) is 0 Å². The fraction of sp³-hybridized carbons (Fsp3) is 0.842. The maximum atomic E-state index is 12.4. The zero-order valence-electron chi connectivity index (χ0n) is 13.0. The van der Waals surface area contributed by atoms with E-state index >= 15 is 0 Å². The number of aliphatic hydroxyl groups excluding tert-OH is 1. The molecule has 21 heavy (non-hydrogen) atoms. The first-order valence-electron chi connectivity index (χ1n) is 8.93. The Labute approximate surface area is 127 Å². The van der Waals surface area contributed by atoms with Crippen LogP contribution in [0, 0.1) is 28.1 Å². The molecule has 0 aromatic heterocycles. The average Bonchev–Trinajstić information content (AvgIpc) is 3.05. The van der Waals surface area contributed by atoms with Crippen LogP contribution in [0.25, 0.3) is 0 Å². The van der Waals surface area contributed by atoms with Crippen LogP contribution in [-0.2, 0) is 4.79 Å². The molecule has 0 heterocycles. The van der Waals surface area contributed by atoms with Gasteiger partial charge in [-0.25, -0.2) is 0 Å². The summed E-state index contributed by atoms with van der Waals surface area (Å²) in [5, 5.41) is 10.1. The van der Waals surface area contributed by atoms with Crippen LogP contribution in [0.2, 0.25) is 0 Å². The van der Waals surface area contributed by atoms with Gasteiger partial charge in [-0.2, -0.15) is 0 Å². The average molecular weight is 286 g/mol. The van der Waals surface area contributed by atoms with Gasteiger partial charge in [0.1, 0.15) is 5.78 Å². The van der Waals surface area contributed by atoms with Gasteiger partial charge < -0.3 is 5.11 Å². The minimum absolute atomic E-state index is 0.0477. The lowest BCUT2D eigenvalue weighted by Crippen LogP contribution is -2.43. The lowest BCUT2D eigenvalue weighted by molar-refractivity contribution is -0.127. The van der Waals surface area contributed by atoms with Gasteiger partial charge in [-0.05, 0) is 74.0 Å². The van der Waals surface area contributed by atoms with Gasteiger partial charge in [-0.3, -0.25) is 4.79 Å². The Balaban J connectivity index is 1.55. The standard InChI is InChI=1S/C19H26O2/c1-17-7-6-15-13(14(17)2-3-16(17)21)5-8-18-10-12(20)4-9-19(15,18)11-18/h6,12-14,20H,2-5,7-11H2,1H3. The minimum atomic E-state index is -0.0558. The molecule has 6 unspecified atom stereocenters. The summed E-state index contributed by atoms with van der Waals surface area (Å²) >= 11 is 0. The number of ketones is 1. The van der Waals surface area contributed by atoms with Gasteiger partial charge in [0, 0.05) is 11.8 Å². The van der Waals surface area contributed by atoms with Crippen LogP contribution in [0.15, 0.2) is 11.6 Å². The fourth-order valence-corrected chi connectivity index (χ4v) is 7.14. The molecule has 0 bridgehead atoms. The Bertz CT molecular complexity index is 560. The molecule has 5 aliphatic carbocycles. The molecule has 0 spiro atoms. The number of carbonyl (C=O) groups is 1. The van der Waals surface area contributed by atoms with E-state index in [9.17, 15) is 9.90 Å². The van der Waals surface area contributed by atoms with Crippen LogP contribution in [-0.4, -0.2) is 17.0 Å². The summed E-state index contributed by atoms with van der Waals surface area (Å²) in [4.78, 5) is 12.4. The van der Waals surface area contributed by atoms with Crippen molar-refractivity contribution in [2.24, 2.45) is 28.1 Å². The lowest BCUT2D eigenvalue weighted by atomic mass is 9.55. The van der Waals surface area contributed by atoms with Gasteiger partial charge in [0.05, 0.1) is 6.10 Å². The zero-order chi connectivity index (χ0) is 14.5. The van der Waals surface area contributed by atoms with E-state index in [0.717, 1.165) is 32.1 Å². The maximum absolute atomic E-state index is 12.4. The van der Waals surface area contributed by atoms with E-state index in [2.05, 4.69) is 13.0 Å². The van der Waals surface area contributed by atoms with Crippen molar-refractivity contribution in [2.45, 2.75) is 70.8 Å². The first-order chi connectivity index (χ1) is 10.0. The number of hydrogen-bond donors (Lipinski definition) is 1. The Morgan fingerprint density at radius 2 is 2.10 bits per heavy atom. The van der Waals surface area contributed by atoms with Crippen molar-refractivity contribution in [2.75, 3.05) is 0 Å². The molecule has 0 saturated heterocycles. The molecular weight excluding hydrogens is 260 g/mol. The minimum Gasteiger partial charge on any atom is -0.393 e. The SMILES string of the molecule is CC12CC=C3C(CCC45CC(O)CCC34C5)C1CCC2=O. The summed E-state index contributed by atoms with van der Waals surface area (Å²) in [6.45, 7) is 2.23. The van der Waals surface area contributed by atoms with Crippen LogP contribution in [0.3, 0.4) is 0 Å². The van der Waals surface area contributed by atoms with E-state index in [4.69, 9.17) is 0 Å².